The second-order valence-corrected chi connectivity index (χ2v) is 6.95. The molecule has 0 saturated carbocycles. The summed E-state index contributed by atoms with van der Waals surface area (Å²) >= 11 is 0. The number of non-ortho nitro benzene ring substituents is 1. The van der Waals surface area contributed by atoms with Crippen LogP contribution in [0.25, 0.3) is 0 Å². The minimum absolute atomic E-state index is 0.0834. The number of hydrogen-bond acceptors (Lipinski definition) is 5. The number of rotatable bonds is 5. The molecule has 2 rings (SSSR count). The molecule has 1 atom stereocenters. The number of nitro benzene ring substituents is 1. The number of aromatic nitrogens is 1. The molecule has 0 aliphatic rings. The zero-order valence-corrected chi connectivity index (χ0v) is 13.8. The summed E-state index contributed by atoms with van der Waals surface area (Å²) in [5.41, 5.74) is 1.49. The van der Waals surface area contributed by atoms with Crippen molar-refractivity contribution in [3.63, 3.8) is 0 Å². The molecule has 1 unspecified atom stereocenters. The predicted octanol–water partition coefficient (Wildman–Crippen LogP) is 2.65. The van der Waals surface area contributed by atoms with E-state index in [1.165, 1.54) is 6.07 Å². The summed E-state index contributed by atoms with van der Waals surface area (Å²) in [4.78, 5) is 14.2. The van der Waals surface area contributed by atoms with Gasteiger partial charge in [-0.3, -0.25) is 15.1 Å². The SMILES string of the molecule is Cc1cc([N+](=O)[O-])cc(S(=O)(=O)NC(C)c2cccnc2)c1C. The van der Waals surface area contributed by atoms with Gasteiger partial charge in [0.25, 0.3) is 5.69 Å². The fraction of sp³-hybridized carbons (Fsp3) is 0.267. The Morgan fingerprint density at radius 2 is 2.00 bits per heavy atom. The quantitative estimate of drug-likeness (QED) is 0.668. The Morgan fingerprint density at radius 3 is 2.57 bits per heavy atom. The van der Waals surface area contributed by atoms with Crippen molar-refractivity contribution < 1.29 is 13.3 Å². The molecule has 23 heavy (non-hydrogen) atoms. The highest BCUT2D eigenvalue weighted by atomic mass is 32.2. The number of nitrogens with one attached hydrogen (secondary N) is 1. The van der Waals surface area contributed by atoms with Crippen molar-refractivity contribution in [3.8, 4) is 0 Å². The minimum atomic E-state index is -3.90. The molecule has 1 aromatic heterocycles. The Kier molecular flexibility index (Phi) is 4.76. The van der Waals surface area contributed by atoms with Crippen molar-refractivity contribution in [1.29, 1.82) is 0 Å². The highest BCUT2D eigenvalue weighted by Gasteiger charge is 2.24. The molecule has 0 radical (unpaired) electrons. The lowest BCUT2D eigenvalue weighted by molar-refractivity contribution is -0.385. The standard InChI is InChI=1S/C15H17N3O4S/c1-10-7-14(18(19)20)8-15(11(10)2)23(21,22)17-12(3)13-5-4-6-16-9-13/h4-9,12,17H,1-3H3. The van der Waals surface area contributed by atoms with Gasteiger partial charge in [0.15, 0.2) is 0 Å². The molecule has 0 bridgehead atoms. The third-order valence-electron chi connectivity index (χ3n) is 3.62. The molecule has 0 fully saturated rings. The molecule has 1 heterocycles. The number of sulfonamides is 1. The molecule has 7 nitrogen and oxygen atoms in total. The topological polar surface area (TPSA) is 102 Å². The average Bonchev–Trinajstić information content (AvgIpc) is 2.49. The van der Waals surface area contributed by atoms with Crippen molar-refractivity contribution in [2.45, 2.75) is 31.7 Å². The highest BCUT2D eigenvalue weighted by Crippen LogP contribution is 2.26. The molecule has 0 amide bonds. The van der Waals surface area contributed by atoms with E-state index >= 15 is 0 Å². The van der Waals surface area contributed by atoms with Crippen molar-refractivity contribution in [1.82, 2.24) is 9.71 Å². The molecule has 0 saturated heterocycles. The van der Waals surface area contributed by atoms with Crippen LogP contribution in [-0.2, 0) is 10.0 Å². The third kappa shape index (κ3) is 3.72. The Balaban J connectivity index is 2.42. The van der Waals surface area contributed by atoms with Crippen molar-refractivity contribution >= 4 is 15.7 Å². The first-order chi connectivity index (χ1) is 10.7. The minimum Gasteiger partial charge on any atom is -0.264 e. The summed E-state index contributed by atoms with van der Waals surface area (Å²) in [6.45, 7) is 4.96. The van der Waals surface area contributed by atoms with Crippen molar-refractivity contribution in [3.05, 3.63) is 63.5 Å². The maximum absolute atomic E-state index is 12.6. The van der Waals surface area contributed by atoms with Crippen LogP contribution in [0.15, 0.2) is 41.6 Å². The van der Waals surface area contributed by atoms with Crippen LogP contribution in [0, 0.1) is 24.0 Å². The molecule has 8 heteroatoms. The van der Waals surface area contributed by atoms with Gasteiger partial charge in [-0.1, -0.05) is 6.07 Å². The summed E-state index contributed by atoms with van der Waals surface area (Å²) in [5.74, 6) is 0. The van der Waals surface area contributed by atoms with E-state index in [1.54, 1.807) is 45.3 Å². The van der Waals surface area contributed by atoms with Crippen LogP contribution in [0.3, 0.4) is 0 Å². The first kappa shape index (κ1) is 17.0. The zero-order valence-electron chi connectivity index (χ0n) is 13.0. The second-order valence-electron chi connectivity index (χ2n) is 5.27. The van der Waals surface area contributed by atoms with E-state index in [0.717, 1.165) is 6.07 Å². The highest BCUT2D eigenvalue weighted by molar-refractivity contribution is 7.89. The first-order valence-electron chi connectivity index (χ1n) is 6.90. The van der Waals surface area contributed by atoms with Crippen LogP contribution in [0.1, 0.15) is 29.7 Å². The monoisotopic (exact) mass is 335 g/mol. The molecule has 1 N–H and O–H groups in total. The van der Waals surface area contributed by atoms with Crippen molar-refractivity contribution in [2.24, 2.45) is 0 Å². The van der Waals surface area contributed by atoms with Crippen molar-refractivity contribution in [2.75, 3.05) is 0 Å². The zero-order chi connectivity index (χ0) is 17.2. The van der Waals surface area contributed by atoms with Crippen LogP contribution in [-0.4, -0.2) is 18.3 Å². The van der Waals surface area contributed by atoms with E-state index in [0.29, 0.717) is 16.7 Å². The number of pyridine rings is 1. The first-order valence-corrected chi connectivity index (χ1v) is 8.38. The average molecular weight is 335 g/mol. The Morgan fingerprint density at radius 1 is 1.30 bits per heavy atom. The van der Waals surface area contributed by atoms with Crippen LogP contribution in [0.2, 0.25) is 0 Å². The van der Waals surface area contributed by atoms with Gasteiger partial charge < -0.3 is 0 Å². The fourth-order valence-electron chi connectivity index (χ4n) is 2.19. The largest absolute Gasteiger partial charge is 0.271 e. The Labute approximate surface area is 134 Å². The van der Waals surface area contributed by atoms with Crippen LogP contribution < -0.4 is 4.72 Å². The van der Waals surface area contributed by atoms with Gasteiger partial charge in [0, 0.05) is 30.6 Å². The van der Waals surface area contributed by atoms with Gasteiger partial charge in [-0.05, 0) is 43.5 Å². The molecular formula is C15H17N3O4S. The van der Waals surface area contributed by atoms with Gasteiger partial charge >= 0.3 is 0 Å². The van der Waals surface area contributed by atoms with Gasteiger partial charge in [-0.15, -0.1) is 0 Å². The number of nitro groups is 1. The van der Waals surface area contributed by atoms with Crippen LogP contribution in [0.5, 0.6) is 0 Å². The normalized spacial score (nSPS) is 12.8. The van der Waals surface area contributed by atoms with E-state index in [4.69, 9.17) is 0 Å². The van der Waals surface area contributed by atoms with Gasteiger partial charge in [-0.25, -0.2) is 13.1 Å². The number of hydrogen-bond donors (Lipinski definition) is 1. The van der Waals surface area contributed by atoms with Crippen LogP contribution >= 0.6 is 0 Å². The molecule has 122 valence electrons. The molecule has 0 aliphatic carbocycles. The lowest BCUT2D eigenvalue weighted by Gasteiger charge is -2.16. The number of nitrogens with zero attached hydrogens (tertiary/aromatic N) is 2. The molecule has 2 aromatic rings. The van der Waals surface area contributed by atoms with Gasteiger partial charge in [0.2, 0.25) is 10.0 Å². The summed E-state index contributed by atoms with van der Waals surface area (Å²) in [7, 11) is -3.90. The second kappa shape index (κ2) is 6.43. The third-order valence-corrected chi connectivity index (χ3v) is 5.29. The maximum Gasteiger partial charge on any atom is 0.271 e. The van der Waals surface area contributed by atoms with E-state index in [1.807, 2.05) is 0 Å². The summed E-state index contributed by atoms with van der Waals surface area (Å²) in [6.07, 6.45) is 3.16. The van der Waals surface area contributed by atoms with E-state index in [2.05, 4.69) is 9.71 Å². The van der Waals surface area contributed by atoms with E-state index in [-0.39, 0.29) is 10.6 Å². The summed E-state index contributed by atoms with van der Waals surface area (Å²) in [5, 5.41) is 11.0. The lowest BCUT2D eigenvalue weighted by Crippen LogP contribution is -2.27. The molecule has 0 spiro atoms. The number of aryl methyl sites for hydroxylation is 1. The van der Waals surface area contributed by atoms with Crippen LogP contribution in [0.4, 0.5) is 5.69 Å². The Hall–Kier alpha value is -2.32. The van der Waals surface area contributed by atoms with Gasteiger partial charge in [0.05, 0.1) is 9.82 Å². The Bertz CT molecular complexity index is 835. The van der Waals surface area contributed by atoms with Gasteiger partial charge in [-0.2, -0.15) is 0 Å². The lowest BCUT2D eigenvalue weighted by atomic mass is 10.1. The predicted molar refractivity (Wildman–Crippen MR) is 85.5 cm³/mol. The summed E-state index contributed by atoms with van der Waals surface area (Å²) < 4.78 is 27.8. The smallest absolute Gasteiger partial charge is 0.264 e. The molecule has 1 aromatic carbocycles. The summed E-state index contributed by atoms with van der Waals surface area (Å²) in [6, 6.07) is 5.40. The maximum atomic E-state index is 12.6. The molecule has 0 aliphatic heterocycles. The number of benzene rings is 1. The fourth-order valence-corrected chi connectivity index (χ4v) is 3.76. The van der Waals surface area contributed by atoms with Gasteiger partial charge in [0.1, 0.15) is 0 Å². The van der Waals surface area contributed by atoms with E-state index < -0.39 is 21.0 Å². The molecular weight excluding hydrogens is 318 g/mol. The van der Waals surface area contributed by atoms with E-state index in [9.17, 15) is 18.5 Å².